The van der Waals surface area contributed by atoms with E-state index in [1.54, 1.807) is 23.5 Å². The van der Waals surface area contributed by atoms with Crippen LogP contribution in [0.15, 0.2) is 29.1 Å². The number of hydrogen-bond donors (Lipinski definition) is 2. The van der Waals surface area contributed by atoms with Gasteiger partial charge in [0.25, 0.3) is 0 Å². The molecule has 16 atom stereocenters. The van der Waals surface area contributed by atoms with Crippen LogP contribution in [0.25, 0.3) is 0 Å². The topological polar surface area (TPSA) is 123 Å². The summed E-state index contributed by atoms with van der Waals surface area (Å²) in [5, 5.41) is 31.1. The fraction of sp³-hybridized carbons (Fsp3) is 0.849. The lowest BCUT2D eigenvalue weighted by atomic mass is 8.31. The van der Waals surface area contributed by atoms with Crippen LogP contribution in [0.1, 0.15) is 175 Å². The van der Waals surface area contributed by atoms with E-state index in [-0.39, 0.29) is 41.8 Å². The Labute approximate surface area is 605 Å². The third kappa shape index (κ3) is 17.6. The second-order valence-electron chi connectivity index (χ2n) is 32.2. The summed E-state index contributed by atoms with van der Waals surface area (Å²) in [6.45, 7) is 14.0. The number of aromatic nitrogens is 4. The van der Waals surface area contributed by atoms with Gasteiger partial charge in [-0.25, -0.2) is 5.06 Å². The number of fused-ring (bicyclic) bond motifs is 10. The Balaban J connectivity index is 0.000000211. The van der Waals surface area contributed by atoms with Gasteiger partial charge in [-0.05, 0) is 226 Å². The van der Waals surface area contributed by atoms with Crippen molar-refractivity contribution in [1.29, 1.82) is 0 Å². The van der Waals surface area contributed by atoms with Crippen LogP contribution in [0.3, 0.4) is 0 Å². The van der Waals surface area contributed by atoms with Crippen molar-refractivity contribution >= 4 is 241 Å². The van der Waals surface area contributed by atoms with Crippen LogP contribution in [-0.4, -0.2) is 285 Å². The van der Waals surface area contributed by atoms with Crippen molar-refractivity contribution in [1.82, 2.24) is 24.6 Å². The van der Waals surface area contributed by atoms with Gasteiger partial charge in [0.2, 0.25) is 5.91 Å². The highest BCUT2D eigenvalue weighted by atomic mass is 79.9. The van der Waals surface area contributed by atoms with E-state index in [1.165, 1.54) is 82.1 Å². The number of nitrogens with zero attached hydrogens (tertiary/aromatic N) is 5. The van der Waals surface area contributed by atoms with E-state index in [2.05, 4.69) is 53.8 Å². The number of aliphatic hydroxyl groups is 2. The van der Waals surface area contributed by atoms with Gasteiger partial charge in [-0.1, -0.05) is 35.1 Å². The number of hydroxylamine groups is 2. The molecular formula is C53H86B30BrN5O5. The monoisotopic (exact) mass is 1280 g/mol. The minimum atomic E-state index is -1.07. The molecule has 2 N–H and O–H groups in total. The quantitative estimate of drug-likeness (QED) is 0.128. The predicted octanol–water partition coefficient (Wildman–Crippen LogP) is -0.177. The molecule has 450 valence electrons. The Morgan fingerprint density at radius 3 is 1.14 bits per heavy atom. The number of hydrogen-bond acceptors (Lipinski definition) is 7. The minimum absolute atomic E-state index is 0. The van der Waals surface area contributed by atoms with E-state index in [1.807, 2.05) is 52.5 Å². The second-order valence-corrected chi connectivity index (χ2v) is 33.0. The van der Waals surface area contributed by atoms with Crippen LogP contribution in [0.5, 0.6) is 0 Å². The molecule has 2 aromatic rings. The molecule has 1 amide bonds. The summed E-state index contributed by atoms with van der Waals surface area (Å²) in [5.41, 5.74) is 0.775. The number of rotatable bonds is 17. The molecule has 2 heterocycles. The molecule has 41 heteroatoms. The number of Topliss-reactive ketones (excluding diaryl/α,β-unsaturated/α-hetero) is 1. The van der Waals surface area contributed by atoms with Crippen molar-refractivity contribution in [3.8, 4) is 0 Å². The summed E-state index contributed by atoms with van der Waals surface area (Å²) >= 11 is 3.20. The van der Waals surface area contributed by atoms with Crippen LogP contribution in [0.4, 0.5) is 0 Å². The lowest BCUT2D eigenvalue weighted by Crippen LogP contribution is -2.88. The molecule has 0 aromatic carbocycles. The van der Waals surface area contributed by atoms with Crippen molar-refractivity contribution in [3.05, 3.63) is 34.8 Å². The van der Waals surface area contributed by atoms with Gasteiger partial charge in [0, 0.05) is 259 Å². The third-order valence-electron chi connectivity index (χ3n) is 26.5. The normalized spacial score (nSPS) is 33.8. The highest BCUT2D eigenvalue weighted by molar-refractivity contribution is 9.10. The standard InChI is InChI=1S/C25H38N2O2.C23H39NO3.C4H5BrN2.CH4.B30/c1-23(29)12-13-24(2)16(15-23)5-6-17-18-7-8-20(25(18,3)11-9-19(17)24)22(28)21-10-14-27(4)26-21;1-21(26)12-13-22(2)15(14-21)6-7-16-17-8-9-19(20(25)24(4)27-5)23(17,3)11-10-18(16)22;1-7-3-2-4(5)6-7;;1-17(2)25(18(3)4)29(26(19(5)6)20(7)8)30(27(21(9)10)22(11)12)28(23(13)14)24(15)16/h10,14,16-20,29H,5-9,11-13,15H2,1-4H3;15-19,26H,6-14H2,1-5H3;2-3H,1H3;1H4;/t16-,17-,18-,19-,20+,23+,24-,25-;15-,16-,17-,18-,19+,21+,22-,23-;;;/m00.../s1. The zero-order valence-electron chi connectivity index (χ0n) is 57.9. The number of amides is 1. The zero-order chi connectivity index (χ0) is 69.6. The van der Waals surface area contributed by atoms with Crippen molar-refractivity contribution in [2.75, 3.05) is 14.2 Å². The molecular weight excluding hydrogens is 1190 g/mol. The van der Waals surface area contributed by atoms with Gasteiger partial charge in [0.05, 0.1) is 18.3 Å². The molecule has 8 aliphatic rings. The SMILES string of the molecule is C.CON(C)C(=O)[C@H]1CC[C@H]2[C@@H]3CC[C@H]4C[C@](C)(O)CC[C@]4(C)[C@H]3CC[C@]12C.Cn1ccc(Br)n1.Cn1ccc(C(=O)[C@H]2CC[C@H]3[C@@H]4CC[C@H]5C[C@](C)(O)CC[C@]5(C)[C@H]4CC[C@]23C)n1.[B]B([B])B(B([B])[B])B(B(B([B])[B])B([B])[B])B(B(B([B])[B])B([B])[B])B(B([B])[B])B([B])[B]. The molecule has 0 bridgehead atoms. The predicted molar refractivity (Wildman–Crippen MR) is 429 cm³/mol. The Kier molecular flexibility index (Phi) is 29.2. The van der Waals surface area contributed by atoms with Gasteiger partial charge in [-0.15, -0.1) is 0 Å². The number of carbonyl (C=O) groups is 2. The summed E-state index contributed by atoms with van der Waals surface area (Å²) in [5.74, 6) is 6.49. The Bertz CT molecular complexity index is 2650. The maximum atomic E-state index is 13.3. The molecule has 10 nitrogen and oxygen atoms in total. The van der Waals surface area contributed by atoms with Crippen molar-refractivity contribution in [3.63, 3.8) is 0 Å². The number of carbonyl (C=O) groups excluding carboxylic acids is 2. The summed E-state index contributed by atoms with van der Waals surface area (Å²) in [6.07, 6.45) is 10.7. The van der Waals surface area contributed by atoms with E-state index in [4.69, 9.17) is 129 Å². The lowest BCUT2D eigenvalue weighted by Gasteiger charge is -2.61. The van der Waals surface area contributed by atoms with Crippen LogP contribution in [0, 0.1) is 80.8 Å². The first-order valence-electron chi connectivity index (χ1n) is 34.7. The summed E-state index contributed by atoms with van der Waals surface area (Å²) in [7, 11) is 103. The van der Waals surface area contributed by atoms with E-state index in [0.29, 0.717) is 40.2 Å². The number of halogens is 1. The Morgan fingerprint density at radius 2 is 0.830 bits per heavy atom. The van der Waals surface area contributed by atoms with Gasteiger partial charge in [0.1, 0.15) is 10.3 Å². The molecule has 8 fully saturated rings. The summed E-state index contributed by atoms with van der Waals surface area (Å²) < 4.78 is 4.37. The molecule has 0 aliphatic heterocycles. The van der Waals surface area contributed by atoms with Gasteiger partial charge in [-0.3, -0.25) is 23.8 Å². The molecule has 94 heavy (non-hydrogen) atoms. The van der Waals surface area contributed by atoms with Crippen molar-refractivity contribution < 1.29 is 24.6 Å². The third-order valence-corrected chi connectivity index (χ3v) is 27.0. The van der Waals surface area contributed by atoms with Crippen molar-refractivity contribution in [2.24, 2.45) is 94.9 Å². The van der Waals surface area contributed by atoms with Gasteiger partial charge in [0.15, 0.2) is 5.78 Å². The average Bonchev–Trinajstić information content (AvgIpc) is 1.37. The first-order valence-corrected chi connectivity index (χ1v) is 35.5. The molecule has 8 saturated carbocycles. The summed E-state index contributed by atoms with van der Waals surface area (Å²) in [6, 6.07) is 3.78. The number of ketones is 1. The van der Waals surface area contributed by atoms with E-state index in [9.17, 15) is 19.8 Å². The summed E-state index contributed by atoms with van der Waals surface area (Å²) in [4.78, 5) is 31.5. The maximum Gasteiger partial charge on any atom is 0.249 e. The van der Waals surface area contributed by atoms with Gasteiger partial charge in [-0.2, -0.15) is 10.2 Å². The fourth-order valence-electron chi connectivity index (χ4n) is 21.7. The molecule has 2 aromatic heterocycles. The molecule has 0 spiro atoms. The second kappa shape index (κ2) is 33.1. The smallest absolute Gasteiger partial charge is 0.249 e. The van der Waals surface area contributed by atoms with Gasteiger partial charge < -0.3 is 10.2 Å². The van der Waals surface area contributed by atoms with Crippen LogP contribution in [0.2, 0.25) is 0 Å². The van der Waals surface area contributed by atoms with Crippen LogP contribution < -0.4 is 0 Å². The highest BCUT2D eigenvalue weighted by Gasteiger charge is 2.64. The molecule has 8 aliphatic carbocycles. The minimum Gasteiger partial charge on any atom is -0.390 e. The molecule has 10 rings (SSSR count). The highest BCUT2D eigenvalue weighted by Crippen LogP contribution is 2.70. The first-order chi connectivity index (χ1) is 43.1. The molecule has 0 unspecified atom stereocenters. The lowest BCUT2D eigenvalue weighted by molar-refractivity contribution is -0.182. The van der Waals surface area contributed by atoms with Crippen molar-refractivity contribution in [2.45, 2.75) is 176 Å². The average molecular weight is 1280 g/mol. The zero-order valence-corrected chi connectivity index (χ0v) is 59.5. The number of aryl methyl sites for hydroxylation is 2. The Morgan fingerprint density at radius 1 is 0.489 bits per heavy atom. The van der Waals surface area contributed by atoms with E-state index < -0.39 is 101 Å². The maximum absolute atomic E-state index is 13.3. The molecule has 0 saturated heterocycles. The first kappa shape index (κ1) is 82.8. The molecule has 32 radical (unpaired) electrons. The van der Waals surface area contributed by atoms with Crippen LogP contribution in [-0.2, 0) is 23.7 Å². The largest absolute Gasteiger partial charge is 0.390 e. The van der Waals surface area contributed by atoms with E-state index in [0.717, 1.165) is 66.8 Å². The fourth-order valence-corrected chi connectivity index (χ4v) is 22.1. The Hall–Kier alpha value is -0.132. The van der Waals surface area contributed by atoms with E-state index >= 15 is 0 Å². The van der Waals surface area contributed by atoms with Gasteiger partial charge >= 0.3 is 0 Å². The van der Waals surface area contributed by atoms with Crippen LogP contribution >= 0.6 is 15.9 Å².